The van der Waals surface area contributed by atoms with Crippen molar-refractivity contribution in [2.45, 2.75) is 51.1 Å². The standard InChI is InChI=1S/C17H23N3O/c1-14(17(21)19-15-8-5-6-9-15)20(13-7-12-18)16-10-3-2-4-11-16/h2-4,10-11,14-15H,5-9,13H2,1H3,(H,19,21). The van der Waals surface area contributed by atoms with Gasteiger partial charge in [0.25, 0.3) is 0 Å². The van der Waals surface area contributed by atoms with E-state index in [0.717, 1.165) is 18.5 Å². The molecule has 112 valence electrons. The van der Waals surface area contributed by atoms with E-state index >= 15 is 0 Å². The minimum Gasteiger partial charge on any atom is -0.359 e. The third kappa shape index (κ3) is 4.22. The van der Waals surface area contributed by atoms with Crippen molar-refractivity contribution in [1.29, 1.82) is 5.26 Å². The van der Waals surface area contributed by atoms with Gasteiger partial charge in [0.2, 0.25) is 5.91 Å². The highest BCUT2D eigenvalue weighted by molar-refractivity contribution is 5.85. The van der Waals surface area contributed by atoms with E-state index in [9.17, 15) is 4.79 Å². The van der Waals surface area contributed by atoms with Crippen LogP contribution < -0.4 is 10.2 Å². The summed E-state index contributed by atoms with van der Waals surface area (Å²) in [6.07, 6.45) is 4.99. The number of nitrogens with zero attached hydrogens (tertiary/aromatic N) is 2. The second-order valence-electron chi connectivity index (χ2n) is 5.60. The number of amides is 1. The van der Waals surface area contributed by atoms with Gasteiger partial charge in [-0.2, -0.15) is 5.26 Å². The molecule has 1 aromatic carbocycles. The van der Waals surface area contributed by atoms with E-state index < -0.39 is 0 Å². The number of benzene rings is 1. The number of nitrogens with one attached hydrogen (secondary N) is 1. The molecule has 1 amide bonds. The second-order valence-corrected chi connectivity index (χ2v) is 5.60. The van der Waals surface area contributed by atoms with Crippen LogP contribution in [0.3, 0.4) is 0 Å². The van der Waals surface area contributed by atoms with Crippen LogP contribution in [0, 0.1) is 11.3 Å². The molecule has 4 nitrogen and oxygen atoms in total. The van der Waals surface area contributed by atoms with E-state index in [1.807, 2.05) is 42.2 Å². The van der Waals surface area contributed by atoms with Crippen molar-refractivity contribution in [2.75, 3.05) is 11.4 Å². The van der Waals surface area contributed by atoms with Crippen LogP contribution in [-0.2, 0) is 4.79 Å². The number of carbonyl (C=O) groups is 1. The Kier molecular flexibility index (Phi) is 5.62. The van der Waals surface area contributed by atoms with Crippen molar-refractivity contribution in [3.63, 3.8) is 0 Å². The van der Waals surface area contributed by atoms with Crippen LogP contribution in [0.5, 0.6) is 0 Å². The van der Waals surface area contributed by atoms with Crippen molar-refractivity contribution in [3.05, 3.63) is 30.3 Å². The molecule has 4 heteroatoms. The third-order valence-electron chi connectivity index (χ3n) is 4.10. The Balaban J connectivity index is 2.04. The first kappa shape index (κ1) is 15.4. The molecule has 1 aromatic rings. The Morgan fingerprint density at radius 2 is 2.05 bits per heavy atom. The lowest BCUT2D eigenvalue weighted by Gasteiger charge is -2.30. The average molecular weight is 285 g/mol. The third-order valence-corrected chi connectivity index (χ3v) is 4.10. The van der Waals surface area contributed by atoms with E-state index in [2.05, 4.69) is 11.4 Å². The summed E-state index contributed by atoms with van der Waals surface area (Å²) in [4.78, 5) is 14.4. The lowest BCUT2D eigenvalue weighted by atomic mass is 10.1. The topological polar surface area (TPSA) is 56.1 Å². The second kappa shape index (κ2) is 7.68. The highest BCUT2D eigenvalue weighted by Gasteiger charge is 2.25. The minimum atomic E-state index is -0.263. The largest absolute Gasteiger partial charge is 0.359 e. The molecule has 1 unspecified atom stereocenters. The Bertz CT molecular complexity index is 489. The smallest absolute Gasteiger partial charge is 0.242 e. The summed E-state index contributed by atoms with van der Waals surface area (Å²) in [5.41, 5.74) is 0.988. The number of nitriles is 1. The van der Waals surface area contributed by atoms with Crippen LogP contribution in [0.2, 0.25) is 0 Å². The molecule has 1 N–H and O–H groups in total. The first-order valence-corrected chi connectivity index (χ1v) is 7.71. The average Bonchev–Trinajstić information content (AvgIpc) is 3.01. The molecule has 0 spiro atoms. The zero-order chi connectivity index (χ0) is 15.1. The van der Waals surface area contributed by atoms with Crippen molar-refractivity contribution in [2.24, 2.45) is 0 Å². The number of rotatable bonds is 6. The molecule has 0 saturated heterocycles. The molecule has 0 aromatic heterocycles. The number of anilines is 1. The van der Waals surface area contributed by atoms with Crippen molar-refractivity contribution in [1.82, 2.24) is 5.32 Å². The van der Waals surface area contributed by atoms with Crippen LogP contribution in [0.1, 0.15) is 39.0 Å². The predicted octanol–water partition coefficient (Wildman–Crippen LogP) is 2.85. The van der Waals surface area contributed by atoms with E-state index in [4.69, 9.17) is 5.26 Å². The van der Waals surface area contributed by atoms with Gasteiger partial charge < -0.3 is 10.2 Å². The van der Waals surface area contributed by atoms with E-state index in [1.165, 1.54) is 12.8 Å². The summed E-state index contributed by atoms with van der Waals surface area (Å²) in [6, 6.07) is 12.1. The quantitative estimate of drug-likeness (QED) is 0.874. The van der Waals surface area contributed by atoms with Gasteiger partial charge >= 0.3 is 0 Å². The predicted molar refractivity (Wildman–Crippen MR) is 83.9 cm³/mol. The fraction of sp³-hybridized carbons (Fsp3) is 0.529. The van der Waals surface area contributed by atoms with Crippen LogP contribution in [-0.4, -0.2) is 24.5 Å². The number of carbonyl (C=O) groups excluding carboxylic acids is 1. The Morgan fingerprint density at radius 1 is 1.38 bits per heavy atom. The molecule has 2 rings (SSSR count). The Hall–Kier alpha value is -2.02. The molecular weight excluding hydrogens is 262 g/mol. The maximum atomic E-state index is 12.4. The highest BCUT2D eigenvalue weighted by Crippen LogP contribution is 2.20. The van der Waals surface area contributed by atoms with Gasteiger partial charge in [0.05, 0.1) is 12.5 Å². The van der Waals surface area contributed by atoms with Crippen molar-refractivity contribution >= 4 is 11.6 Å². The monoisotopic (exact) mass is 285 g/mol. The first-order chi connectivity index (χ1) is 10.2. The van der Waals surface area contributed by atoms with Gasteiger partial charge in [0.15, 0.2) is 0 Å². The molecule has 0 heterocycles. The fourth-order valence-electron chi connectivity index (χ4n) is 2.87. The molecule has 1 aliphatic carbocycles. The SMILES string of the molecule is CC(C(=O)NC1CCCC1)N(CCC#N)c1ccccc1. The molecule has 1 aliphatic rings. The van der Waals surface area contributed by atoms with E-state index in [0.29, 0.717) is 19.0 Å². The van der Waals surface area contributed by atoms with Gasteiger partial charge in [-0.25, -0.2) is 0 Å². The first-order valence-electron chi connectivity index (χ1n) is 7.71. The molecule has 0 aliphatic heterocycles. The van der Waals surface area contributed by atoms with Crippen LogP contribution >= 0.6 is 0 Å². The van der Waals surface area contributed by atoms with Gasteiger partial charge in [0.1, 0.15) is 6.04 Å². The molecular formula is C17H23N3O. The summed E-state index contributed by atoms with van der Waals surface area (Å²) in [5.74, 6) is 0.0590. The normalized spacial score (nSPS) is 16.2. The maximum Gasteiger partial charge on any atom is 0.242 e. The maximum absolute atomic E-state index is 12.4. The van der Waals surface area contributed by atoms with Crippen molar-refractivity contribution in [3.8, 4) is 6.07 Å². The van der Waals surface area contributed by atoms with Crippen LogP contribution in [0.25, 0.3) is 0 Å². The summed E-state index contributed by atoms with van der Waals surface area (Å²) in [7, 11) is 0. The summed E-state index contributed by atoms with van der Waals surface area (Å²) >= 11 is 0. The molecule has 1 fully saturated rings. The molecule has 0 radical (unpaired) electrons. The summed E-state index contributed by atoms with van der Waals surface area (Å²) in [6.45, 7) is 2.48. The van der Waals surface area contributed by atoms with Crippen molar-refractivity contribution < 1.29 is 4.79 Å². The molecule has 0 bridgehead atoms. The van der Waals surface area contributed by atoms with Gasteiger partial charge in [-0.3, -0.25) is 4.79 Å². The van der Waals surface area contributed by atoms with Gasteiger partial charge in [-0.05, 0) is 31.9 Å². The van der Waals surface area contributed by atoms with Crippen LogP contribution in [0.4, 0.5) is 5.69 Å². The summed E-state index contributed by atoms with van der Waals surface area (Å²) in [5, 5.41) is 12.0. The Morgan fingerprint density at radius 3 is 2.67 bits per heavy atom. The molecule has 1 saturated carbocycles. The van der Waals surface area contributed by atoms with Crippen LogP contribution in [0.15, 0.2) is 30.3 Å². The fourth-order valence-corrected chi connectivity index (χ4v) is 2.87. The lowest BCUT2D eigenvalue weighted by Crippen LogP contribution is -2.48. The number of hydrogen-bond donors (Lipinski definition) is 1. The van der Waals surface area contributed by atoms with Gasteiger partial charge in [-0.15, -0.1) is 0 Å². The lowest BCUT2D eigenvalue weighted by molar-refractivity contribution is -0.122. The minimum absolute atomic E-state index is 0.0590. The number of para-hydroxylation sites is 1. The molecule has 21 heavy (non-hydrogen) atoms. The zero-order valence-electron chi connectivity index (χ0n) is 12.6. The Labute approximate surface area is 126 Å². The van der Waals surface area contributed by atoms with E-state index in [-0.39, 0.29) is 11.9 Å². The van der Waals surface area contributed by atoms with Gasteiger partial charge in [0, 0.05) is 18.3 Å². The number of hydrogen-bond acceptors (Lipinski definition) is 3. The van der Waals surface area contributed by atoms with Gasteiger partial charge in [-0.1, -0.05) is 31.0 Å². The van der Waals surface area contributed by atoms with E-state index in [1.54, 1.807) is 0 Å². The molecule has 1 atom stereocenters. The summed E-state index contributed by atoms with van der Waals surface area (Å²) < 4.78 is 0. The zero-order valence-corrected chi connectivity index (χ0v) is 12.6. The highest BCUT2D eigenvalue weighted by atomic mass is 16.2.